The third-order valence-electron chi connectivity index (χ3n) is 4.75. The monoisotopic (exact) mass is 348 g/mol. The number of nitrogens with zero attached hydrogens (tertiary/aromatic N) is 2. The molecule has 6 heteroatoms. The van der Waals surface area contributed by atoms with Crippen molar-refractivity contribution in [1.29, 1.82) is 0 Å². The van der Waals surface area contributed by atoms with Crippen molar-refractivity contribution in [2.75, 3.05) is 26.2 Å². The molecular formula is C18H24N2O3S. The number of sulfonamides is 1. The maximum absolute atomic E-state index is 12.5. The van der Waals surface area contributed by atoms with Gasteiger partial charge in [0.2, 0.25) is 15.9 Å². The zero-order valence-electron chi connectivity index (χ0n) is 13.8. The quantitative estimate of drug-likeness (QED) is 0.782. The van der Waals surface area contributed by atoms with Gasteiger partial charge in [-0.05, 0) is 24.8 Å². The summed E-state index contributed by atoms with van der Waals surface area (Å²) in [5.74, 6) is 0.275. The number of carbonyl (C=O) groups is 1. The minimum atomic E-state index is -3.33. The number of rotatable bonds is 4. The van der Waals surface area contributed by atoms with E-state index in [0.717, 1.165) is 24.8 Å². The summed E-state index contributed by atoms with van der Waals surface area (Å²) in [6, 6.07) is 9.23. The van der Waals surface area contributed by atoms with Crippen molar-refractivity contribution in [2.24, 2.45) is 5.92 Å². The van der Waals surface area contributed by atoms with Crippen molar-refractivity contribution in [2.45, 2.75) is 25.0 Å². The number of hydrogen-bond acceptors (Lipinski definition) is 3. The Morgan fingerprint density at radius 2 is 1.75 bits per heavy atom. The summed E-state index contributed by atoms with van der Waals surface area (Å²) in [6.07, 6.45) is 6.87. The molecule has 1 atom stereocenters. The molecule has 0 bridgehead atoms. The molecule has 0 saturated carbocycles. The molecule has 3 rings (SSSR count). The van der Waals surface area contributed by atoms with Crippen LogP contribution in [0.2, 0.25) is 0 Å². The second-order valence-corrected chi connectivity index (χ2v) is 8.42. The largest absolute Gasteiger partial charge is 0.340 e. The van der Waals surface area contributed by atoms with E-state index in [-0.39, 0.29) is 17.6 Å². The van der Waals surface area contributed by atoms with Gasteiger partial charge in [0.15, 0.2) is 0 Å². The van der Waals surface area contributed by atoms with Crippen LogP contribution in [0.1, 0.15) is 24.8 Å². The van der Waals surface area contributed by atoms with Crippen molar-refractivity contribution < 1.29 is 13.2 Å². The summed E-state index contributed by atoms with van der Waals surface area (Å²) >= 11 is 0. The summed E-state index contributed by atoms with van der Waals surface area (Å²) in [5.41, 5.74) is 0.796. The van der Waals surface area contributed by atoms with Gasteiger partial charge in [0.1, 0.15) is 0 Å². The fraction of sp³-hybridized carbons (Fsp3) is 0.500. The molecule has 0 radical (unpaired) electrons. The number of benzene rings is 1. The van der Waals surface area contributed by atoms with Crippen LogP contribution in [0, 0.1) is 5.92 Å². The second kappa shape index (κ2) is 7.49. The van der Waals surface area contributed by atoms with E-state index in [1.165, 1.54) is 4.31 Å². The smallest absolute Gasteiger partial charge is 0.226 e. The molecule has 1 heterocycles. The molecule has 2 aliphatic rings. The van der Waals surface area contributed by atoms with Gasteiger partial charge < -0.3 is 4.90 Å². The van der Waals surface area contributed by atoms with Gasteiger partial charge in [0.05, 0.1) is 5.75 Å². The molecule has 1 saturated heterocycles. The summed E-state index contributed by atoms with van der Waals surface area (Å²) in [6.45, 7) is 1.77. The van der Waals surface area contributed by atoms with Crippen LogP contribution < -0.4 is 0 Å². The number of piperazine rings is 1. The van der Waals surface area contributed by atoms with Crippen LogP contribution in [0.5, 0.6) is 0 Å². The molecule has 0 aromatic heterocycles. The van der Waals surface area contributed by atoms with Gasteiger partial charge in [-0.25, -0.2) is 8.42 Å². The average Bonchev–Trinajstić information content (AvgIpc) is 2.62. The predicted octanol–water partition coefficient (Wildman–Crippen LogP) is 2.02. The molecule has 0 spiro atoms. The van der Waals surface area contributed by atoms with Crippen LogP contribution >= 0.6 is 0 Å². The Hall–Kier alpha value is -1.66. The molecule has 24 heavy (non-hydrogen) atoms. The normalized spacial score (nSPS) is 22.5. The Bertz CT molecular complexity index is 692. The SMILES string of the molecule is O=C([C@H]1CC=CCC1)N1CCN(S(=O)(=O)Cc2ccccc2)CC1. The van der Waals surface area contributed by atoms with Crippen molar-refractivity contribution in [1.82, 2.24) is 9.21 Å². The maximum atomic E-state index is 12.5. The highest BCUT2D eigenvalue weighted by atomic mass is 32.2. The summed E-state index contributed by atoms with van der Waals surface area (Å²) in [5, 5.41) is 0. The molecule has 0 N–H and O–H groups in total. The lowest BCUT2D eigenvalue weighted by molar-refractivity contribution is -0.137. The first-order chi connectivity index (χ1) is 11.6. The fourth-order valence-electron chi connectivity index (χ4n) is 3.34. The Labute approximate surface area is 144 Å². The van der Waals surface area contributed by atoms with Crippen LogP contribution in [0.3, 0.4) is 0 Å². The standard InChI is InChI=1S/C18H24N2O3S/c21-18(17-9-5-2-6-10-17)19-11-13-20(14-12-19)24(22,23)15-16-7-3-1-4-8-16/h1-5,7-8,17H,6,9-15H2/t17-/m0/s1. The second-order valence-electron chi connectivity index (χ2n) is 6.45. The molecule has 1 amide bonds. The first-order valence-electron chi connectivity index (χ1n) is 8.52. The third kappa shape index (κ3) is 4.05. The van der Waals surface area contributed by atoms with E-state index in [0.29, 0.717) is 26.2 Å². The third-order valence-corrected chi connectivity index (χ3v) is 6.60. The zero-order chi connectivity index (χ0) is 17.0. The molecule has 1 aromatic carbocycles. The van der Waals surface area contributed by atoms with Crippen LogP contribution in [-0.4, -0.2) is 49.7 Å². The van der Waals surface area contributed by atoms with Gasteiger partial charge in [0, 0.05) is 32.1 Å². The lowest BCUT2D eigenvalue weighted by Crippen LogP contribution is -2.52. The Morgan fingerprint density at radius 3 is 2.38 bits per heavy atom. The van der Waals surface area contributed by atoms with Crippen molar-refractivity contribution in [3.05, 3.63) is 48.0 Å². The van der Waals surface area contributed by atoms with Gasteiger partial charge in [-0.3, -0.25) is 4.79 Å². The first kappa shape index (κ1) is 17.2. The van der Waals surface area contributed by atoms with Crippen LogP contribution in [0.25, 0.3) is 0 Å². The highest BCUT2D eigenvalue weighted by Gasteiger charge is 2.31. The number of allylic oxidation sites excluding steroid dienone is 2. The first-order valence-corrected chi connectivity index (χ1v) is 10.1. The Kier molecular flexibility index (Phi) is 5.36. The number of hydrogen-bond donors (Lipinski definition) is 0. The van der Waals surface area contributed by atoms with E-state index in [2.05, 4.69) is 12.2 Å². The molecule has 5 nitrogen and oxygen atoms in total. The van der Waals surface area contributed by atoms with Crippen molar-refractivity contribution in [3.63, 3.8) is 0 Å². The lowest BCUT2D eigenvalue weighted by atomic mass is 9.93. The minimum absolute atomic E-state index is 0.0230. The van der Waals surface area contributed by atoms with Crippen molar-refractivity contribution in [3.8, 4) is 0 Å². The van der Waals surface area contributed by atoms with Gasteiger partial charge in [-0.15, -0.1) is 0 Å². The topological polar surface area (TPSA) is 57.7 Å². The highest BCUT2D eigenvalue weighted by Crippen LogP contribution is 2.22. The molecule has 1 fully saturated rings. The Morgan fingerprint density at radius 1 is 1.04 bits per heavy atom. The van der Waals surface area contributed by atoms with E-state index in [1.807, 2.05) is 35.2 Å². The van der Waals surface area contributed by atoms with E-state index >= 15 is 0 Å². The zero-order valence-corrected chi connectivity index (χ0v) is 14.6. The van der Waals surface area contributed by atoms with E-state index in [9.17, 15) is 13.2 Å². The predicted molar refractivity (Wildman–Crippen MR) is 93.7 cm³/mol. The number of carbonyl (C=O) groups excluding carboxylic acids is 1. The highest BCUT2D eigenvalue weighted by molar-refractivity contribution is 7.88. The van der Waals surface area contributed by atoms with Crippen LogP contribution in [-0.2, 0) is 20.6 Å². The molecule has 1 aromatic rings. The summed E-state index contributed by atoms with van der Waals surface area (Å²) in [7, 11) is -3.33. The molecule has 0 unspecified atom stereocenters. The summed E-state index contributed by atoms with van der Waals surface area (Å²) < 4.78 is 26.6. The van der Waals surface area contributed by atoms with E-state index < -0.39 is 10.0 Å². The lowest BCUT2D eigenvalue weighted by Gasteiger charge is -2.36. The number of amides is 1. The minimum Gasteiger partial charge on any atom is -0.340 e. The average molecular weight is 348 g/mol. The summed E-state index contributed by atoms with van der Waals surface area (Å²) in [4.78, 5) is 14.4. The molecule has 1 aliphatic heterocycles. The van der Waals surface area contributed by atoms with Gasteiger partial charge in [-0.1, -0.05) is 42.5 Å². The van der Waals surface area contributed by atoms with Crippen molar-refractivity contribution >= 4 is 15.9 Å². The van der Waals surface area contributed by atoms with Crippen LogP contribution in [0.15, 0.2) is 42.5 Å². The molecular weight excluding hydrogens is 324 g/mol. The van der Waals surface area contributed by atoms with Gasteiger partial charge in [0.25, 0.3) is 0 Å². The molecule has 1 aliphatic carbocycles. The van der Waals surface area contributed by atoms with Gasteiger partial charge >= 0.3 is 0 Å². The fourth-order valence-corrected chi connectivity index (χ4v) is 4.85. The van der Waals surface area contributed by atoms with E-state index in [1.54, 1.807) is 0 Å². The van der Waals surface area contributed by atoms with E-state index in [4.69, 9.17) is 0 Å². The van der Waals surface area contributed by atoms with Crippen LogP contribution in [0.4, 0.5) is 0 Å². The van der Waals surface area contributed by atoms with Gasteiger partial charge in [-0.2, -0.15) is 4.31 Å². The molecule has 130 valence electrons. The Balaban J connectivity index is 1.56. The maximum Gasteiger partial charge on any atom is 0.226 e.